The zero-order valence-electron chi connectivity index (χ0n) is 14.7. The van der Waals surface area contributed by atoms with Crippen LogP contribution < -0.4 is 10.1 Å². The molecule has 5 nitrogen and oxygen atoms in total. The zero-order valence-corrected chi connectivity index (χ0v) is 16.2. The molecule has 4 rings (SSSR count). The lowest BCUT2D eigenvalue weighted by molar-refractivity contribution is 0.112. The SMILES string of the molecule is O=S(=O)(c1ccc(Cl)cc1)[C@]12CC[C@@H](CO)N[C@H]1COc1c(F)ccc(F)c12. The van der Waals surface area contributed by atoms with Gasteiger partial charge < -0.3 is 15.2 Å². The Morgan fingerprint density at radius 3 is 2.54 bits per heavy atom. The number of benzene rings is 2. The molecule has 0 saturated carbocycles. The summed E-state index contributed by atoms with van der Waals surface area (Å²) in [5.41, 5.74) is -0.303. The molecule has 3 atom stereocenters. The summed E-state index contributed by atoms with van der Waals surface area (Å²) < 4.78 is 60.6. The van der Waals surface area contributed by atoms with Crippen LogP contribution in [-0.4, -0.2) is 38.8 Å². The summed E-state index contributed by atoms with van der Waals surface area (Å²) in [4.78, 5) is -0.0392. The molecule has 0 amide bonds. The maximum absolute atomic E-state index is 14.9. The Kier molecular flexibility index (Phi) is 4.86. The van der Waals surface area contributed by atoms with Gasteiger partial charge in [-0.1, -0.05) is 11.6 Å². The number of ether oxygens (including phenoxy) is 1. The van der Waals surface area contributed by atoms with Crippen LogP contribution in [-0.2, 0) is 14.6 Å². The van der Waals surface area contributed by atoms with E-state index in [1.807, 2.05) is 0 Å². The standard InChI is InChI=1S/C19H18ClF2NO4S/c20-11-1-3-13(4-2-11)28(25,26)19-8-7-12(9-24)23-16(19)10-27-18-15(22)6-5-14(21)17(18)19/h1-6,12,16,23-24H,7-10H2/t12-,16-,19+/m0/s1. The number of rotatable bonds is 3. The predicted molar refractivity (Wildman–Crippen MR) is 99.2 cm³/mol. The number of hydrogen-bond donors (Lipinski definition) is 2. The highest BCUT2D eigenvalue weighted by molar-refractivity contribution is 7.92. The fourth-order valence-corrected chi connectivity index (χ4v) is 6.60. The molecule has 0 aliphatic carbocycles. The van der Waals surface area contributed by atoms with Gasteiger partial charge in [-0.15, -0.1) is 0 Å². The third-order valence-electron chi connectivity index (χ3n) is 5.56. The van der Waals surface area contributed by atoms with Crippen LogP contribution in [0.15, 0.2) is 41.3 Å². The lowest BCUT2D eigenvalue weighted by Crippen LogP contribution is -2.64. The van der Waals surface area contributed by atoms with E-state index < -0.39 is 32.3 Å². The summed E-state index contributed by atoms with van der Waals surface area (Å²) in [5, 5.41) is 12.9. The number of nitrogens with one attached hydrogen (secondary N) is 1. The normalized spacial score (nSPS) is 26.9. The number of piperidine rings is 1. The molecule has 2 aliphatic rings. The molecule has 9 heteroatoms. The van der Waals surface area contributed by atoms with Gasteiger partial charge in [-0.25, -0.2) is 17.2 Å². The molecule has 150 valence electrons. The number of sulfone groups is 1. The van der Waals surface area contributed by atoms with Crippen LogP contribution in [0.2, 0.25) is 5.02 Å². The molecular weight excluding hydrogens is 412 g/mol. The van der Waals surface area contributed by atoms with E-state index in [1.165, 1.54) is 24.3 Å². The minimum Gasteiger partial charge on any atom is -0.488 e. The molecule has 2 N–H and O–H groups in total. The molecule has 1 fully saturated rings. The van der Waals surface area contributed by atoms with Gasteiger partial charge in [0.2, 0.25) is 0 Å². The van der Waals surface area contributed by atoms with Crippen molar-refractivity contribution in [2.45, 2.75) is 34.6 Å². The molecule has 0 spiro atoms. The highest BCUT2D eigenvalue weighted by atomic mass is 35.5. The highest BCUT2D eigenvalue weighted by Crippen LogP contribution is 2.52. The van der Waals surface area contributed by atoms with Crippen molar-refractivity contribution in [1.29, 1.82) is 0 Å². The lowest BCUT2D eigenvalue weighted by atomic mass is 9.79. The van der Waals surface area contributed by atoms with Gasteiger partial charge in [0.1, 0.15) is 17.2 Å². The van der Waals surface area contributed by atoms with Gasteiger partial charge >= 0.3 is 0 Å². The van der Waals surface area contributed by atoms with Crippen molar-refractivity contribution in [2.75, 3.05) is 13.2 Å². The molecular formula is C19H18ClF2NO4S. The van der Waals surface area contributed by atoms with E-state index in [2.05, 4.69) is 5.32 Å². The highest BCUT2D eigenvalue weighted by Gasteiger charge is 2.59. The van der Waals surface area contributed by atoms with Gasteiger partial charge in [0, 0.05) is 11.1 Å². The topological polar surface area (TPSA) is 75.6 Å². The molecule has 0 radical (unpaired) electrons. The van der Waals surface area contributed by atoms with E-state index in [4.69, 9.17) is 16.3 Å². The average molecular weight is 430 g/mol. The number of hydrogen-bond acceptors (Lipinski definition) is 5. The summed E-state index contributed by atoms with van der Waals surface area (Å²) in [6.07, 6.45) is 0.285. The van der Waals surface area contributed by atoms with Gasteiger partial charge in [0.25, 0.3) is 0 Å². The molecule has 2 aliphatic heterocycles. The number of halogens is 3. The Morgan fingerprint density at radius 2 is 1.86 bits per heavy atom. The number of fused-ring (bicyclic) bond motifs is 3. The molecule has 2 aromatic carbocycles. The van der Waals surface area contributed by atoms with E-state index >= 15 is 0 Å². The molecule has 28 heavy (non-hydrogen) atoms. The second kappa shape index (κ2) is 6.95. The van der Waals surface area contributed by atoms with Gasteiger partial charge in [0.05, 0.1) is 23.1 Å². The summed E-state index contributed by atoms with van der Waals surface area (Å²) in [6.45, 7) is -0.372. The van der Waals surface area contributed by atoms with Crippen molar-refractivity contribution >= 4 is 21.4 Å². The van der Waals surface area contributed by atoms with Crippen molar-refractivity contribution < 1.29 is 27.0 Å². The first-order valence-corrected chi connectivity index (χ1v) is 10.7. The van der Waals surface area contributed by atoms with Crippen molar-refractivity contribution in [1.82, 2.24) is 5.32 Å². The minimum absolute atomic E-state index is 0.0115. The molecule has 1 saturated heterocycles. The molecule has 0 bridgehead atoms. The monoisotopic (exact) mass is 429 g/mol. The van der Waals surface area contributed by atoms with Crippen molar-refractivity contribution in [2.24, 2.45) is 0 Å². The molecule has 2 aromatic rings. The van der Waals surface area contributed by atoms with Crippen LogP contribution in [0, 0.1) is 11.6 Å². The molecule has 0 aromatic heterocycles. The first-order valence-electron chi connectivity index (χ1n) is 8.79. The largest absolute Gasteiger partial charge is 0.488 e. The van der Waals surface area contributed by atoms with Crippen LogP contribution in [0.25, 0.3) is 0 Å². The maximum atomic E-state index is 14.9. The second-order valence-corrected chi connectivity index (χ2v) is 9.67. The Hall–Kier alpha value is -1.74. The Bertz CT molecular complexity index is 1020. The predicted octanol–water partition coefficient (Wildman–Crippen LogP) is 2.79. The number of aliphatic hydroxyl groups is 1. The van der Waals surface area contributed by atoms with E-state index in [0.717, 1.165) is 12.1 Å². The van der Waals surface area contributed by atoms with Crippen molar-refractivity contribution in [3.63, 3.8) is 0 Å². The number of aliphatic hydroxyl groups excluding tert-OH is 1. The average Bonchev–Trinajstić information content (AvgIpc) is 2.69. The van der Waals surface area contributed by atoms with Crippen LogP contribution in [0.3, 0.4) is 0 Å². The van der Waals surface area contributed by atoms with Crippen LogP contribution in [0.5, 0.6) is 5.75 Å². The summed E-state index contributed by atoms with van der Waals surface area (Å²) >= 11 is 5.88. The fraction of sp³-hybridized carbons (Fsp3) is 0.368. The zero-order chi connectivity index (χ0) is 20.1. The lowest BCUT2D eigenvalue weighted by Gasteiger charge is -2.49. The minimum atomic E-state index is -4.17. The first-order chi connectivity index (χ1) is 13.3. The van der Waals surface area contributed by atoms with Gasteiger partial charge in [0.15, 0.2) is 21.4 Å². The van der Waals surface area contributed by atoms with Crippen LogP contribution >= 0.6 is 11.6 Å². The van der Waals surface area contributed by atoms with Gasteiger partial charge in [-0.2, -0.15) is 0 Å². The molecule has 0 unspecified atom stereocenters. The maximum Gasteiger partial charge on any atom is 0.190 e. The van der Waals surface area contributed by atoms with Gasteiger partial charge in [-0.3, -0.25) is 0 Å². The van der Waals surface area contributed by atoms with Crippen LogP contribution in [0.4, 0.5) is 8.78 Å². The van der Waals surface area contributed by atoms with E-state index in [0.29, 0.717) is 5.02 Å². The van der Waals surface area contributed by atoms with E-state index in [-0.39, 0.29) is 48.3 Å². The first kappa shape index (κ1) is 19.6. The quantitative estimate of drug-likeness (QED) is 0.784. The summed E-state index contributed by atoms with van der Waals surface area (Å²) in [7, 11) is -4.17. The summed E-state index contributed by atoms with van der Waals surface area (Å²) in [6, 6.07) is 6.20. The third-order valence-corrected chi connectivity index (χ3v) is 8.36. The Balaban J connectivity index is 1.99. The third kappa shape index (κ3) is 2.74. The smallest absolute Gasteiger partial charge is 0.190 e. The Morgan fingerprint density at radius 1 is 1.18 bits per heavy atom. The van der Waals surface area contributed by atoms with Crippen molar-refractivity contribution in [3.05, 3.63) is 58.6 Å². The summed E-state index contributed by atoms with van der Waals surface area (Å²) in [5.74, 6) is -2.04. The fourth-order valence-electron chi connectivity index (χ4n) is 4.21. The second-order valence-electron chi connectivity index (χ2n) is 7.03. The van der Waals surface area contributed by atoms with E-state index in [1.54, 1.807) is 0 Å². The van der Waals surface area contributed by atoms with Gasteiger partial charge in [-0.05, 0) is 49.2 Å². The van der Waals surface area contributed by atoms with Crippen LogP contribution in [0.1, 0.15) is 18.4 Å². The van der Waals surface area contributed by atoms with Crippen molar-refractivity contribution in [3.8, 4) is 5.75 Å². The molecule has 2 heterocycles. The Labute approximate surface area is 166 Å². The van der Waals surface area contributed by atoms with E-state index in [9.17, 15) is 22.3 Å².